The standard InChI is InChI=1S/C13H17NO4/c1-9-5-8-18-11(9)12(15)14-6-3-10(4-7-14)13(16)17-2/h5,8,10H,3-4,6-7H2,1-2H3. The summed E-state index contributed by atoms with van der Waals surface area (Å²) in [6.07, 6.45) is 2.82. The van der Waals surface area contributed by atoms with Crippen LogP contribution in [0.3, 0.4) is 0 Å². The van der Waals surface area contributed by atoms with Gasteiger partial charge in [0.1, 0.15) is 0 Å². The van der Waals surface area contributed by atoms with Crippen LogP contribution < -0.4 is 0 Å². The molecule has 5 heteroatoms. The Bertz CT molecular complexity index is 444. The average Bonchev–Trinajstić information content (AvgIpc) is 2.83. The molecule has 0 aromatic carbocycles. The van der Waals surface area contributed by atoms with E-state index in [-0.39, 0.29) is 17.8 Å². The molecule has 1 amide bonds. The summed E-state index contributed by atoms with van der Waals surface area (Å²) in [5.74, 6) is 0.0281. The van der Waals surface area contributed by atoms with E-state index in [1.54, 1.807) is 11.0 Å². The smallest absolute Gasteiger partial charge is 0.308 e. The van der Waals surface area contributed by atoms with Gasteiger partial charge in [-0.25, -0.2) is 0 Å². The van der Waals surface area contributed by atoms with Crippen molar-refractivity contribution < 1.29 is 18.7 Å². The van der Waals surface area contributed by atoms with Gasteiger partial charge >= 0.3 is 5.97 Å². The first-order valence-corrected chi connectivity index (χ1v) is 6.04. The van der Waals surface area contributed by atoms with Crippen molar-refractivity contribution >= 4 is 11.9 Å². The number of carbonyl (C=O) groups excluding carboxylic acids is 2. The van der Waals surface area contributed by atoms with Crippen molar-refractivity contribution in [2.75, 3.05) is 20.2 Å². The fraction of sp³-hybridized carbons (Fsp3) is 0.538. The van der Waals surface area contributed by atoms with Crippen molar-refractivity contribution in [2.24, 2.45) is 5.92 Å². The van der Waals surface area contributed by atoms with Crippen LogP contribution in [-0.2, 0) is 9.53 Å². The predicted molar refractivity (Wildman–Crippen MR) is 64.1 cm³/mol. The molecule has 1 fully saturated rings. The molecule has 0 bridgehead atoms. The predicted octanol–water partition coefficient (Wildman–Crippen LogP) is 1.61. The minimum absolute atomic E-state index is 0.0863. The van der Waals surface area contributed by atoms with Crippen LogP contribution in [0.25, 0.3) is 0 Å². The number of nitrogens with zero attached hydrogens (tertiary/aromatic N) is 1. The van der Waals surface area contributed by atoms with Crippen LogP contribution in [0.4, 0.5) is 0 Å². The Hall–Kier alpha value is -1.78. The summed E-state index contributed by atoms with van der Waals surface area (Å²) in [7, 11) is 1.39. The van der Waals surface area contributed by atoms with Gasteiger partial charge < -0.3 is 14.1 Å². The molecular weight excluding hydrogens is 234 g/mol. The minimum atomic E-state index is -0.184. The van der Waals surface area contributed by atoms with Crippen LogP contribution in [0.15, 0.2) is 16.7 Å². The lowest BCUT2D eigenvalue weighted by Crippen LogP contribution is -2.40. The van der Waals surface area contributed by atoms with E-state index in [1.165, 1.54) is 13.4 Å². The molecule has 0 radical (unpaired) electrons. The summed E-state index contributed by atoms with van der Waals surface area (Å²) in [4.78, 5) is 25.3. The Kier molecular flexibility index (Phi) is 3.69. The van der Waals surface area contributed by atoms with Gasteiger partial charge in [0.05, 0.1) is 19.3 Å². The van der Waals surface area contributed by atoms with Gasteiger partial charge in [-0.15, -0.1) is 0 Å². The highest BCUT2D eigenvalue weighted by Gasteiger charge is 2.29. The maximum atomic E-state index is 12.1. The fourth-order valence-electron chi connectivity index (χ4n) is 2.22. The molecule has 18 heavy (non-hydrogen) atoms. The van der Waals surface area contributed by atoms with Gasteiger partial charge in [0.25, 0.3) is 5.91 Å². The third-order valence-electron chi connectivity index (χ3n) is 3.37. The molecule has 0 atom stereocenters. The third-order valence-corrected chi connectivity index (χ3v) is 3.37. The summed E-state index contributed by atoms with van der Waals surface area (Å²) >= 11 is 0. The molecule has 1 aromatic rings. The summed E-state index contributed by atoms with van der Waals surface area (Å²) in [6, 6.07) is 1.77. The molecule has 1 aliphatic heterocycles. The lowest BCUT2D eigenvalue weighted by molar-refractivity contribution is -0.146. The highest BCUT2D eigenvalue weighted by atomic mass is 16.5. The largest absolute Gasteiger partial charge is 0.469 e. The summed E-state index contributed by atoms with van der Waals surface area (Å²) in [6.45, 7) is 2.98. The first-order valence-electron chi connectivity index (χ1n) is 6.04. The summed E-state index contributed by atoms with van der Waals surface area (Å²) < 4.78 is 9.91. The highest BCUT2D eigenvalue weighted by molar-refractivity contribution is 5.93. The number of amides is 1. The van der Waals surface area contributed by atoms with Crippen LogP contribution in [0, 0.1) is 12.8 Å². The molecule has 0 aliphatic carbocycles. The number of likely N-dealkylation sites (tertiary alicyclic amines) is 1. The summed E-state index contributed by atoms with van der Waals surface area (Å²) in [5, 5.41) is 0. The van der Waals surface area contributed by atoms with E-state index in [4.69, 9.17) is 9.15 Å². The zero-order valence-electron chi connectivity index (χ0n) is 10.6. The number of methoxy groups -OCH3 is 1. The number of hydrogen-bond donors (Lipinski definition) is 0. The number of aryl methyl sites for hydroxylation is 1. The van der Waals surface area contributed by atoms with E-state index >= 15 is 0 Å². The number of esters is 1. The molecule has 98 valence electrons. The van der Waals surface area contributed by atoms with Gasteiger partial charge in [-0.1, -0.05) is 0 Å². The lowest BCUT2D eigenvalue weighted by atomic mass is 9.97. The molecule has 0 saturated carbocycles. The Balaban J connectivity index is 1.96. The van der Waals surface area contributed by atoms with Crippen molar-refractivity contribution in [3.05, 3.63) is 23.7 Å². The molecule has 2 heterocycles. The van der Waals surface area contributed by atoms with E-state index < -0.39 is 0 Å². The number of hydrogen-bond acceptors (Lipinski definition) is 4. The van der Waals surface area contributed by atoms with Crippen molar-refractivity contribution in [3.8, 4) is 0 Å². The van der Waals surface area contributed by atoms with Crippen molar-refractivity contribution in [1.82, 2.24) is 4.90 Å². The van der Waals surface area contributed by atoms with Crippen molar-refractivity contribution in [2.45, 2.75) is 19.8 Å². The Labute approximate surface area is 106 Å². The first kappa shape index (κ1) is 12.7. The van der Waals surface area contributed by atoms with Gasteiger partial charge in [0, 0.05) is 18.7 Å². The molecular formula is C13H17NO4. The molecule has 0 N–H and O–H groups in total. The second kappa shape index (κ2) is 5.25. The van der Waals surface area contributed by atoms with Gasteiger partial charge in [-0.3, -0.25) is 9.59 Å². The van der Waals surface area contributed by atoms with Gasteiger partial charge in [0.15, 0.2) is 5.76 Å². The fourth-order valence-corrected chi connectivity index (χ4v) is 2.22. The SMILES string of the molecule is COC(=O)C1CCN(C(=O)c2occc2C)CC1. The van der Waals surface area contributed by atoms with E-state index in [0.717, 1.165) is 5.56 Å². The van der Waals surface area contributed by atoms with Crippen LogP contribution in [-0.4, -0.2) is 37.0 Å². The Morgan fingerprint density at radius 3 is 2.56 bits per heavy atom. The molecule has 1 saturated heterocycles. The maximum absolute atomic E-state index is 12.1. The van der Waals surface area contributed by atoms with Gasteiger partial charge in [0.2, 0.25) is 0 Å². The second-order valence-corrected chi connectivity index (χ2v) is 4.52. The number of furan rings is 1. The number of carbonyl (C=O) groups is 2. The molecule has 1 aliphatic rings. The van der Waals surface area contributed by atoms with Gasteiger partial charge in [-0.2, -0.15) is 0 Å². The van der Waals surface area contributed by atoms with Gasteiger partial charge in [-0.05, 0) is 25.8 Å². The summed E-state index contributed by atoms with van der Waals surface area (Å²) in [5.41, 5.74) is 0.843. The lowest BCUT2D eigenvalue weighted by Gasteiger charge is -2.30. The molecule has 2 rings (SSSR count). The Morgan fingerprint density at radius 2 is 2.06 bits per heavy atom. The highest BCUT2D eigenvalue weighted by Crippen LogP contribution is 2.21. The monoisotopic (exact) mass is 251 g/mol. The molecule has 1 aromatic heterocycles. The number of ether oxygens (including phenoxy) is 1. The van der Waals surface area contributed by atoms with E-state index in [0.29, 0.717) is 31.7 Å². The first-order chi connectivity index (χ1) is 8.63. The van der Waals surface area contributed by atoms with Crippen LogP contribution >= 0.6 is 0 Å². The van der Waals surface area contributed by atoms with Crippen LogP contribution in [0.1, 0.15) is 29.0 Å². The van der Waals surface area contributed by atoms with Crippen LogP contribution in [0.2, 0.25) is 0 Å². The second-order valence-electron chi connectivity index (χ2n) is 4.52. The molecule has 0 unspecified atom stereocenters. The number of piperidine rings is 1. The minimum Gasteiger partial charge on any atom is -0.469 e. The van der Waals surface area contributed by atoms with E-state index in [2.05, 4.69) is 0 Å². The quantitative estimate of drug-likeness (QED) is 0.749. The average molecular weight is 251 g/mol. The topological polar surface area (TPSA) is 59.8 Å². The zero-order valence-corrected chi connectivity index (χ0v) is 10.6. The molecule has 5 nitrogen and oxygen atoms in total. The Morgan fingerprint density at radius 1 is 1.39 bits per heavy atom. The normalized spacial score (nSPS) is 16.7. The van der Waals surface area contributed by atoms with Crippen molar-refractivity contribution in [1.29, 1.82) is 0 Å². The zero-order chi connectivity index (χ0) is 13.1. The van der Waals surface area contributed by atoms with E-state index in [1.807, 2.05) is 6.92 Å². The van der Waals surface area contributed by atoms with Crippen molar-refractivity contribution in [3.63, 3.8) is 0 Å². The maximum Gasteiger partial charge on any atom is 0.308 e. The van der Waals surface area contributed by atoms with Crippen LogP contribution in [0.5, 0.6) is 0 Å². The molecule has 0 spiro atoms. The number of rotatable bonds is 2. The van der Waals surface area contributed by atoms with E-state index in [9.17, 15) is 9.59 Å². The third kappa shape index (κ3) is 2.39.